The van der Waals surface area contributed by atoms with Crippen molar-refractivity contribution >= 4 is 17.1 Å². The van der Waals surface area contributed by atoms with E-state index >= 15 is 0 Å². The summed E-state index contributed by atoms with van der Waals surface area (Å²) in [6.07, 6.45) is -1.61. The Morgan fingerprint density at radius 3 is 2.63 bits per heavy atom. The van der Waals surface area contributed by atoms with E-state index in [-0.39, 0.29) is 36.8 Å². The van der Waals surface area contributed by atoms with E-state index in [1.165, 1.54) is 16.2 Å². The van der Waals surface area contributed by atoms with Crippen molar-refractivity contribution in [2.45, 2.75) is 39.5 Å². The molecule has 0 fully saturated rings. The van der Waals surface area contributed by atoms with Gasteiger partial charge in [-0.2, -0.15) is 4.98 Å². The lowest BCUT2D eigenvalue weighted by atomic mass is 10.1. The van der Waals surface area contributed by atoms with Crippen LogP contribution in [0.1, 0.15) is 18.1 Å². The molecular weight excluding hydrogens is 390 g/mol. The standard InChI is InChI=1S/C20H27N5O5/c1-11-5-6-15(7-12(11)2)30-10-14(27)9-25-16-17(22-19(25)21-8-13(3)26)24(4)20(29)23-18(16)28/h5-7,13-14,26-27H,8-10H2,1-4H3,(H,21,22)(H,23,28,29). The van der Waals surface area contributed by atoms with Crippen LogP contribution >= 0.6 is 0 Å². The van der Waals surface area contributed by atoms with Gasteiger partial charge in [-0.3, -0.25) is 14.3 Å². The van der Waals surface area contributed by atoms with Crippen LogP contribution in [-0.2, 0) is 13.6 Å². The van der Waals surface area contributed by atoms with Crippen LogP contribution in [0.25, 0.3) is 11.2 Å². The minimum atomic E-state index is -0.951. The molecular formula is C20H27N5O5. The van der Waals surface area contributed by atoms with Gasteiger partial charge in [0.25, 0.3) is 5.56 Å². The smallest absolute Gasteiger partial charge is 0.329 e. The molecule has 162 valence electrons. The van der Waals surface area contributed by atoms with Crippen molar-refractivity contribution in [1.29, 1.82) is 0 Å². The van der Waals surface area contributed by atoms with E-state index < -0.39 is 23.5 Å². The second-order valence-corrected chi connectivity index (χ2v) is 7.48. The summed E-state index contributed by atoms with van der Waals surface area (Å²) in [7, 11) is 1.50. The average molecular weight is 417 g/mol. The van der Waals surface area contributed by atoms with Crippen LogP contribution in [0.5, 0.6) is 5.75 Å². The Kier molecular flexibility index (Phi) is 6.28. The Morgan fingerprint density at radius 2 is 1.97 bits per heavy atom. The van der Waals surface area contributed by atoms with E-state index in [0.717, 1.165) is 11.1 Å². The number of aliphatic hydroxyl groups is 2. The number of aryl methyl sites for hydroxylation is 3. The molecule has 1 aromatic carbocycles. The highest BCUT2D eigenvalue weighted by molar-refractivity contribution is 5.74. The van der Waals surface area contributed by atoms with Crippen molar-refractivity contribution in [3.8, 4) is 5.75 Å². The number of aliphatic hydroxyl groups excluding tert-OH is 2. The maximum Gasteiger partial charge on any atom is 0.329 e. The summed E-state index contributed by atoms with van der Waals surface area (Å²) in [5, 5.41) is 23.1. The molecule has 0 amide bonds. The van der Waals surface area contributed by atoms with Crippen LogP contribution in [0.2, 0.25) is 0 Å². The number of rotatable bonds is 8. The Morgan fingerprint density at radius 1 is 1.23 bits per heavy atom. The van der Waals surface area contributed by atoms with Crippen LogP contribution in [0.15, 0.2) is 27.8 Å². The lowest BCUT2D eigenvalue weighted by Crippen LogP contribution is -2.31. The van der Waals surface area contributed by atoms with Crippen LogP contribution in [0.4, 0.5) is 5.95 Å². The molecule has 0 radical (unpaired) electrons. The third kappa shape index (κ3) is 4.55. The van der Waals surface area contributed by atoms with Gasteiger partial charge in [-0.15, -0.1) is 0 Å². The highest BCUT2D eigenvalue weighted by Gasteiger charge is 2.20. The van der Waals surface area contributed by atoms with Gasteiger partial charge in [-0.05, 0) is 44.0 Å². The van der Waals surface area contributed by atoms with E-state index in [2.05, 4.69) is 15.3 Å². The van der Waals surface area contributed by atoms with Gasteiger partial charge in [0.05, 0.1) is 12.6 Å². The number of ether oxygens (including phenoxy) is 1. The first-order chi connectivity index (χ1) is 14.2. The molecule has 0 aliphatic rings. The van der Waals surface area contributed by atoms with Crippen LogP contribution < -0.4 is 21.3 Å². The summed E-state index contributed by atoms with van der Waals surface area (Å²) in [5.74, 6) is 0.906. The number of aromatic amines is 1. The van der Waals surface area contributed by atoms with E-state index in [4.69, 9.17) is 4.74 Å². The molecule has 0 saturated carbocycles. The second kappa shape index (κ2) is 8.72. The first-order valence-corrected chi connectivity index (χ1v) is 9.67. The van der Waals surface area contributed by atoms with Gasteiger partial charge in [-0.25, -0.2) is 4.79 Å². The fourth-order valence-corrected chi connectivity index (χ4v) is 3.05. The minimum absolute atomic E-state index is 0.00167. The summed E-state index contributed by atoms with van der Waals surface area (Å²) in [5.41, 5.74) is 1.37. The molecule has 0 aliphatic heterocycles. The number of hydrogen-bond acceptors (Lipinski definition) is 7. The molecule has 2 heterocycles. The lowest BCUT2D eigenvalue weighted by Gasteiger charge is -2.16. The number of aromatic nitrogens is 4. The van der Waals surface area contributed by atoms with Crippen LogP contribution in [0, 0.1) is 13.8 Å². The van der Waals surface area contributed by atoms with Gasteiger partial charge < -0.3 is 24.8 Å². The second-order valence-electron chi connectivity index (χ2n) is 7.48. The normalized spacial score (nSPS) is 13.4. The molecule has 2 atom stereocenters. The molecule has 4 N–H and O–H groups in total. The molecule has 0 saturated heterocycles. The highest BCUT2D eigenvalue weighted by atomic mass is 16.5. The quantitative estimate of drug-likeness (QED) is 0.413. The molecule has 3 rings (SSSR count). The first-order valence-electron chi connectivity index (χ1n) is 9.67. The predicted molar refractivity (Wildman–Crippen MR) is 113 cm³/mol. The largest absolute Gasteiger partial charge is 0.491 e. The Labute approximate surface area is 172 Å². The SMILES string of the molecule is Cc1ccc(OCC(O)Cn2c(NCC(C)O)nc3c2c(=O)[nH]c(=O)n3C)cc1C. The molecule has 2 aromatic heterocycles. The molecule has 10 nitrogen and oxygen atoms in total. The van der Waals surface area contributed by atoms with Crippen LogP contribution in [-0.4, -0.2) is 54.7 Å². The van der Waals surface area contributed by atoms with Crippen molar-refractivity contribution < 1.29 is 14.9 Å². The summed E-state index contributed by atoms with van der Waals surface area (Å²) >= 11 is 0. The van der Waals surface area contributed by atoms with Gasteiger partial charge in [0.1, 0.15) is 18.5 Å². The summed E-state index contributed by atoms with van der Waals surface area (Å²) in [6, 6.07) is 5.67. The molecule has 30 heavy (non-hydrogen) atoms. The van der Waals surface area contributed by atoms with E-state index in [9.17, 15) is 19.8 Å². The fourth-order valence-electron chi connectivity index (χ4n) is 3.05. The molecule has 10 heteroatoms. The number of H-pyrrole nitrogens is 1. The maximum absolute atomic E-state index is 12.4. The third-order valence-electron chi connectivity index (χ3n) is 4.88. The third-order valence-corrected chi connectivity index (χ3v) is 4.88. The number of imidazole rings is 1. The topological polar surface area (TPSA) is 134 Å². The van der Waals surface area contributed by atoms with Gasteiger partial charge in [-0.1, -0.05) is 6.07 Å². The van der Waals surface area contributed by atoms with Gasteiger partial charge >= 0.3 is 5.69 Å². The number of nitrogens with one attached hydrogen (secondary N) is 2. The molecule has 0 aliphatic carbocycles. The molecule has 2 unspecified atom stereocenters. The zero-order chi connectivity index (χ0) is 22.0. The van der Waals surface area contributed by atoms with Crippen molar-refractivity contribution in [3.05, 3.63) is 50.2 Å². The van der Waals surface area contributed by atoms with Crippen molar-refractivity contribution in [2.24, 2.45) is 7.05 Å². The Bertz CT molecular complexity index is 1160. The number of benzene rings is 1. The Hall–Kier alpha value is -3.11. The maximum atomic E-state index is 12.4. The van der Waals surface area contributed by atoms with Crippen molar-refractivity contribution in [3.63, 3.8) is 0 Å². The molecule has 3 aromatic rings. The monoisotopic (exact) mass is 417 g/mol. The molecule has 0 bridgehead atoms. The van der Waals surface area contributed by atoms with Crippen LogP contribution in [0.3, 0.4) is 0 Å². The fraction of sp³-hybridized carbons (Fsp3) is 0.450. The number of nitrogens with zero attached hydrogens (tertiary/aromatic N) is 3. The average Bonchev–Trinajstić information content (AvgIpc) is 3.04. The van der Waals surface area contributed by atoms with Gasteiger partial charge in [0.2, 0.25) is 5.95 Å². The summed E-state index contributed by atoms with van der Waals surface area (Å²) in [6.45, 7) is 5.78. The van der Waals surface area contributed by atoms with Gasteiger partial charge in [0, 0.05) is 13.6 Å². The summed E-state index contributed by atoms with van der Waals surface area (Å²) < 4.78 is 8.40. The van der Waals surface area contributed by atoms with Crippen molar-refractivity contribution in [2.75, 3.05) is 18.5 Å². The highest BCUT2D eigenvalue weighted by Crippen LogP contribution is 2.18. The number of anilines is 1. The number of hydrogen-bond donors (Lipinski definition) is 4. The molecule has 0 spiro atoms. The zero-order valence-corrected chi connectivity index (χ0v) is 17.5. The lowest BCUT2D eigenvalue weighted by molar-refractivity contribution is 0.0937. The Balaban J connectivity index is 1.87. The first kappa shape index (κ1) is 21.6. The predicted octanol–water partition coefficient (Wildman–Crippen LogP) is 0.273. The zero-order valence-electron chi connectivity index (χ0n) is 17.5. The van der Waals surface area contributed by atoms with E-state index in [0.29, 0.717) is 5.75 Å². The van der Waals surface area contributed by atoms with Gasteiger partial charge in [0.15, 0.2) is 11.2 Å². The van der Waals surface area contributed by atoms with Crippen molar-refractivity contribution in [1.82, 2.24) is 19.1 Å². The minimum Gasteiger partial charge on any atom is -0.491 e. The van der Waals surface area contributed by atoms with E-state index in [1.807, 2.05) is 32.0 Å². The number of fused-ring (bicyclic) bond motifs is 1. The summed E-state index contributed by atoms with van der Waals surface area (Å²) in [4.78, 5) is 30.9. The van der Waals surface area contributed by atoms with E-state index in [1.54, 1.807) is 6.92 Å².